The van der Waals surface area contributed by atoms with Crippen LogP contribution < -0.4 is 4.90 Å². The Hall–Kier alpha value is -3.25. The molecule has 3 aromatic rings. The van der Waals surface area contributed by atoms with Crippen molar-refractivity contribution in [2.75, 3.05) is 11.4 Å². The lowest BCUT2D eigenvalue weighted by Gasteiger charge is -2.26. The number of hydrogen-bond acceptors (Lipinski definition) is 3. The number of aryl methyl sites for hydroxylation is 1. The average molecular weight is 472 g/mol. The number of ether oxygens (including phenoxy) is 1. The van der Waals surface area contributed by atoms with Crippen molar-refractivity contribution in [3.63, 3.8) is 0 Å². The third kappa shape index (κ3) is 5.96. The topological polar surface area (TPSA) is 46.6 Å². The first-order valence-corrected chi connectivity index (χ1v) is 10.7. The number of hydrogen-bond donors (Lipinski definition) is 0. The van der Waals surface area contributed by atoms with Crippen LogP contribution in [0.3, 0.4) is 0 Å². The zero-order valence-electron chi connectivity index (χ0n) is 18.8. The van der Waals surface area contributed by atoms with Crippen molar-refractivity contribution >= 4 is 29.2 Å². The Morgan fingerprint density at radius 1 is 0.939 bits per heavy atom. The second-order valence-corrected chi connectivity index (χ2v) is 9.00. The number of amides is 1. The van der Waals surface area contributed by atoms with Gasteiger partial charge >= 0.3 is 5.97 Å². The molecule has 0 aromatic heterocycles. The first kappa shape index (κ1) is 24.4. The van der Waals surface area contributed by atoms with Crippen LogP contribution in [0.4, 0.5) is 14.5 Å². The lowest BCUT2D eigenvalue weighted by Crippen LogP contribution is -2.39. The summed E-state index contributed by atoms with van der Waals surface area (Å²) in [6.45, 7) is 6.42. The maximum atomic E-state index is 14.4. The van der Waals surface area contributed by atoms with Gasteiger partial charge in [0.15, 0.2) is 0 Å². The van der Waals surface area contributed by atoms with Crippen LogP contribution in [0, 0.1) is 18.6 Å². The van der Waals surface area contributed by atoms with E-state index in [1.165, 1.54) is 6.07 Å². The Labute approximate surface area is 196 Å². The van der Waals surface area contributed by atoms with Crippen molar-refractivity contribution in [1.29, 1.82) is 0 Å². The molecule has 3 aromatic carbocycles. The second-order valence-electron chi connectivity index (χ2n) is 8.59. The molecule has 4 nitrogen and oxygen atoms in total. The molecule has 0 fully saturated rings. The third-order valence-corrected chi connectivity index (χ3v) is 5.20. The van der Waals surface area contributed by atoms with Crippen LogP contribution in [0.2, 0.25) is 5.02 Å². The standard InChI is InChI=1S/C26H24ClF2NO3/c1-16-13-18(11-12-20(16)27)17-7-5-8-19(14-17)30(15-23(31)33-26(2,3)4)25(32)24-21(28)9-6-10-22(24)29/h5-14H,15H2,1-4H3. The van der Waals surface area contributed by atoms with Gasteiger partial charge in [-0.25, -0.2) is 8.78 Å². The van der Waals surface area contributed by atoms with E-state index >= 15 is 0 Å². The van der Waals surface area contributed by atoms with Gasteiger partial charge in [0.1, 0.15) is 29.3 Å². The Morgan fingerprint density at radius 3 is 2.15 bits per heavy atom. The summed E-state index contributed by atoms with van der Waals surface area (Å²) in [6, 6.07) is 15.4. The van der Waals surface area contributed by atoms with Gasteiger partial charge in [-0.15, -0.1) is 0 Å². The van der Waals surface area contributed by atoms with Crippen LogP contribution in [-0.2, 0) is 9.53 Å². The molecule has 0 radical (unpaired) electrons. The maximum Gasteiger partial charge on any atom is 0.326 e. The third-order valence-electron chi connectivity index (χ3n) is 4.78. The number of anilines is 1. The maximum absolute atomic E-state index is 14.4. The Bertz CT molecular complexity index is 1180. The van der Waals surface area contributed by atoms with Crippen molar-refractivity contribution in [2.45, 2.75) is 33.3 Å². The van der Waals surface area contributed by atoms with E-state index in [0.717, 1.165) is 33.7 Å². The summed E-state index contributed by atoms with van der Waals surface area (Å²) in [4.78, 5) is 26.8. The van der Waals surface area contributed by atoms with Gasteiger partial charge in [-0.2, -0.15) is 0 Å². The molecule has 172 valence electrons. The quantitative estimate of drug-likeness (QED) is 0.395. The van der Waals surface area contributed by atoms with E-state index in [9.17, 15) is 18.4 Å². The average Bonchev–Trinajstić information content (AvgIpc) is 2.72. The number of rotatable bonds is 5. The highest BCUT2D eigenvalue weighted by atomic mass is 35.5. The summed E-state index contributed by atoms with van der Waals surface area (Å²) in [7, 11) is 0. The number of benzene rings is 3. The molecule has 3 rings (SSSR count). The van der Waals surface area contributed by atoms with Crippen LogP contribution in [0.15, 0.2) is 60.7 Å². The molecular formula is C26H24ClF2NO3. The van der Waals surface area contributed by atoms with E-state index in [-0.39, 0.29) is 0 Å². The van der Waals surface area contributed by atoms with Gasteiger partial charge in [0.05, 0.1) is 0 Å². The Morgan fingerprint density at radius 2 is 1.55 bits per heavy atom. The van der Waals surface area contributed by atoms with Gasteiger partial charge in [0.2, 0.25) is 0 Å². The van der Waals surface area contributed by atoms with E-state index in [1.807, 2.05) is 25.1 Å². The molecule has 0 aliphatic rings. The Balaban J connectivity index is 2.06. The van der Waals surface area contributed by atoms with Crippen LogP contribution in [0.5, 0.6) is 0 Å². The van der Waals surface area contributed by atoms with Gasteiger partial charge in [0.25, 0.3) is 5.91 Å². The van der Waals surface area contributed by atoms with Crippen LogP contribution in [0.25, 0.3) is 11.1 Å². The highest BCUT2D eigenvalue weighted by Crippen LogP contribution is 2.29. The largest absolute Gasteiger partial charge is 0.459 e. The normalized spacial score (nSPS) is 11.2. The van der Waals surface area contributed by atoms with E-state index in [4.69, 9.17) is 16.3 Å². The molecule has 33 heavy (non-hydrogen) atoms. The molecule has 0 unspecified atom stereocenters. The molecule has 0 saturated heterocycles. The monoisotopic (exact) mass is 471 g/mol. The summed E-state index contributed by atoms with van der Waals surface area (Å²) in [6.07, 6.45) is 0. The molecule has 0 atom stereocenters. The zero-order valence-corrected chi connectivity index (χ0v) is 19.5. The first-order valence-electron chi connectivity index (χ1n) is 10.3. The first-order chi connectivity index (χ1) is 15.5. The molecule has 7 heteroatoms. The van der Waals surface area contributed by atoms with E-state index < -0.39 is 41.2 Å². The van der Waals surface area contributed by atoms with Crippen molar-refractivity contribution in [2.24, 2.45) is 0 Å². The number of carbonyl (C=O) groups excluding carboxylic acids is 2. The van der Waals surface area contributed by atoms with Crippen molar-refractivity contribution in [1.82, 2.24) is 0 Å². The van der Waals surface area contributed by atoms with Gasteiger partial charge in [-0.1, -0.05) is 35.9 Å². The van der Waals surface area contributed by atoms with Gasteiger partial charge in [-0.05, 0) is 80.8 Å². The fraction of sp³-hybridized carbons (Fsp3) is 0.231. The van der Waals surface area contributed by atoms with Crippen molar-refractivity contribution in [3.05, 3.63) is 88.4 Å². The van der Waals surface area contributed by atoms with E-state index in [2.05, 4.69) is 0 Å². The van der Waals surface area contributed by atoms with Crippen LogP contribution in [-0.4, -0.2) is 24.0 Å². The fourth-order valence-corrected chi connectivity index (χ4v) is 3.42. The van der Waals surface area contributed by atoms with Crippen molar-refractivity contribution in [3.8, 4) is 11.1 Å². The molecule has 0 aliphatic carbocycles. The number of halogens is 3. The summed E-state index contributed by atoms with van der Waals surface area (Å²) < 4.78 is 34.1. The molecule has 0 saturated carbocycles. The van der Waals surface area contributed by atoms with Crippen molar-refractivity contribution < 1.29 is 23.1 Å². The minimum absolute atomic E-state index is 0.290. The summed E-state index contributed by atoms with van der Waals surface area (Å²) in [5.41, 5.74) is 1.20. The lowest BCUT2D eigenvalue weighted by atomic mass is 10.0. The van der Waals surface area contributed by atoms with Gasteiger partial charge < -0.3 is 4.74 Å². The minimum atomic E-state index is -1.02. The molecule has 0 spiro atoms. The second kappa shape index (κ2) is 9.71. The number of carbonyl (C=O) groups is 2. The smallest absolute Gasteiger partial charge is 0.326 e. The molecule has 1 amide bonds. The Kier molecular flexibility index (Phi) is 7.18. The number of nitrogens with zero attached hydrogens (tertiary/aromatic N) is 1. The van der Waals surface area contributed by atoms with E-state index in [0.29, 0.717) is 10.7 Å². The molecular weight excluding hydrogens is 448 g/mol. The van der Waals surface area contributed by atoms with E-state index in [1.54, 1.807) is 45.0 Å². The predicted molar refractivity (Wildman–Crippen MR) is 126 cm³/mol. The molecule has 0 bridgehead atoms. The summed E-state index contributed by atoms with van der Waals surface area (Å²) in [5, 5.41) is 0.617. The van der Waals surface area contributed by atoms with Crippen LogP contribution >= 0.6 is 11.6 Å². The predicted octanol–water partition coefficient (Wildman–Crippen LogP) is 6.58. The lowest BCUT2D eigenvalue weighted by molar-refractivity contribution is -0.152. The fourth-order valence-electron chi connectivity index (χ4n) is 3.30. The molecule has 0 aliphatic heterocycles. The highest BCUT2D eigenvalue weighted by Gasteiger charge is 2.28. The minimum Gasteiger partial charge on any atom is -0.459 e. The summed E-state index contributed by atoms with van der Waals surface area (Å²) >= 11 is 6.12. The molecule has 0 N–H and O–H groups in total. The zero-order chi connectivity index (χ0) is 24.3. The SMILES string of the molecule is Cc1cc(-c2cccc(N(CC(=O)OC(C)(C)C)C(=O)c3c(F)cccc3F)c2)ccc1Cl. The summed E-state index contributed by atoms with van der Waals surface area (Å²) in [5.74, 6) is -3.72. The van der Waals surface area contributed by atoms with Crippen LogP contribution in [0.1, 0.15) is 36.7 Å². The van der Waals surface area contributed by atoms with Gasteiger partial charge in [0, 0.05) is 10.7 Å². The highest BCUT2D eigenvalue weighted by molar-refractivity contribution is 6.31. The molecule has 0 heterocycles. The van der Waals surface area contributed by atoms with Gasteiger partial charge in [-0.3, -0.25) is 14.5 Å². The number of esters is 1.